The van der Waals surface area contributed by atoms with Crippen molar-refractivity contribution in [1.82, 2.24) is 0 Å². The predicted octanol–water partition coefficient (Wildman–Crippen LogP) is 2.35. The lowest BCUT2D eigenvalue weighted by molar-refractivity contribution is -0.141. The summed E-state index contributed by atoms with van der Waals surface area (Å²) in [5.74, 6) is -0.864. The molecule has 3 nitrogen and oxygen atoms in total. The van der Waals surface area contributed by atoms with Crippen molar-refractivity contribution >= 4 is 11.8 Å². The number of rotatable bonds is 6. The van der Waals surface area contributed by atoms with Gasteiger partial charge in [-0.3, -0.25) is 9.59 Å². The summed E-state index contributed by atoms with van der Waals surface area (Å²) in [6, 6.07) is 0. The molecule has 0 bridgehead atoms. The van der Waals surface area contributed by atoms with Crippen LogP contribution >= 0.6 is 0 Å². The topological polar surface area (TPSA) is 54.4 Å². The van der Waals surface area contributed by atoms with Crippen LogP contribution in [-0.2, 0) is 9.59 Å². The minimum atomic E-state index is -0.825. The van der Waals surface area contributed by atoms with Crippen molar-refractivity contribution < 1.29 is 14.7 Å². The lowest BCUT2D eigenvalue weighted by Crippen LogP contribution is -2.20. The maximum atomic E-state index is 11.5. The second-order valence-electron chi connectivity index (χ2n) is 4.44. The van der Waals surface area contributed by atoms with E-state index in [2.05, 4.69) is 0 Å². The molecule has 0 saturated carbocycles. The van der Waals surface area contributed by atoms with Gasteiger partial charge < -0.3 is 5.11 Å². The fourth-order valence-corrected chi connectivity index (χ4v) is 1.37. The van der Waals surface area contributed by atoms with Gasteiger partial charge in [0.2, 0.25) is 0 Å². The molecule has 0 saturated heterocycles. The van der Waals surface area contributed by atoms with Crippen LogP contribution in [0.3, 0.4) is 0 Å². The molecular formula is C11H20O3. The zero-order valence-corrected chi connectivity index (χ0v) is 9.41. The smallest absolute Gasteiger partial charge is 0.306 e. The molecule has 0 amide bonds. The second kappa shape index (κ2) is 5.78. The molecule has 82 valence electrons. The average Bonchev–Trinajstić information content (AvgIpc) is 2.02. The van der Waals surface area contributed by atoms with Gasteiger partial charge in [-0.25, -0.2) is 0 Å². The van der Waals surface area contributed by atoms with Crippen molar-refractivity contribution in [2.24, 2.45) is 17.8 Å². The van der Waals surface area contributed by atoms with Crippen LogP contribution in [0.1, 0.15) is 40.5 Å². The van der Waals surface area contributed by atoms with Crippen molar-refractivity contribution in [1.29, 1.82) is 0 Å². The van der Waals surface area contributed by atoms with Crippen LogP contribution in [0.25, 0.3) is 0 Å². The monoisotopic (exact) mass is 200 g/mol. The minimum Gasteiger partial charge on any atom is -0.481 e. The summed E-state index contributed by atoms with van der Waals surface area (Å²) in [4.78, 5) is 22.1. The fraction of sp³-hybridized carbons (Fsp3) is 0.818. The molecule has 0 aliphatic carbocycles. The molecule has 14 heavy (non-hydrogen) atoms. The Hall–Kier alpha value is -0.860. The van der Waals surface area contributed by atoms with Gasteiger partial charge in [0.05, 0.1) is 5.92 Å². The number of carbonyl (C=O) groups excluding carboxylic acids is 1. The summed E-state index contributed by atoms with van der Waals surface area (Å²) in [5.41, 5.74) is 0. The van der Waals surface area contributed by atoms with E-state index in [0.29, 0.717) is 18.8 Å². The van der Waals surface area contributed by atoms with Crippen LogP contribution in [-0.4, -0.2) is 16.9 Å². The highest BCUT2D eigenvalue weighted by atomic mass is 16.4. The van der Waals surface area contributed by atoms with Crippen LogP contribution in [0, 0.1) is 17.8 Å². The van der Waals surface area contributed by atoms with Gasteiger partial charge in [0, 0.05) is 12.3 Å². The molecule has 0 aromatic rings. The Labute approximate surface area is 85.5 Å². The standard InChI is InChI=1S/C11H20O3/c1-7(2)5-10(12)8(3)6-9(4)11(13)14/h7-9H,5-6H2,1-4H3,(H,13,14). The summed E-state index contributed by atoms with van der Waals surface area (Å²) in [5, 5.41) is 8.68. The molecule has 2 unspecified atom stereocenters. The van der Waals surface area contributed by atoms with E-state index in [0.717, 1.165) is 0 Å². The Morgan fingerprint density at radius 3 is 1.93 bits per heavy atom. The number of carboxylic acids is 1. The van der Waals surface area contributed by atoms with Gasteiger partial charge in [-0.2, -0.15) is 0 Å². The number of aliphatic carboxylic acids is 1. The van der Waals surface area contributed by atoms with Crippen molar-refractivity contribution in [3.05, 3.63) is 0 Å². The third-order valence-electron chi connectivity index (χ3n) is 2.29. The number of hydrogen-bond acceptors (Lipinski definition) is 2. The predicted molar refractivity (Wildman–Crippen MR) is 55.0 cm³/mol. The molecule has 0 aliphatic heterocycles. The van der Waals surface area contributed by atoms with Gasteiger partial charge in [0.25, 0.3) is 0 Å². The number of hydrogen-bond donors (Lipinski definition) is 1. The van der Waals surface area contributed by atoms with Crippen LogP contribution in [0.5, 0.6) is 0 Å². The molecule has 0 fully saturated rings. The van der Waals surface area contributed by atoms with Crippen molar-refractivity contribution in [2.45, 2.75) is 40.5 Å². The van der Waals surface area contributed by atoms with Gasteiger partial charge in [0.1, 0.15) is 5.78 Å². The van der Waals surface area contributed by atoms with E-state index < -0.39 is 11.9 Å². The Bertz CT molecular complexity index is 209. The second-order valence-corrected chi connectivity index (χ2v) is 4.44. The summed E-state index contributed by atoms with van der Waals surface area (Å²) in [7, 11) is 0. The third-order valence-corrected chi connectivity index (χ3v) is 2.29. The maximum Gasteiger partial charge on any atom is 0.306 e. The average molecular weight is 200 g/mol. The zero-order chi connectivity index (χ0) is 11.3. The Morgan fingerprint density at radius 2 is 1.57 bits per heavy atom. The lowest BCUT2D eigenvalue weighted by Gasteiger charge is -2.14. The molecule has 0 aromatic carbocycles. The molecule has 0 spiro atoms. The molecule has 3 heteroatoms. The highest BCUT2D eigenvalue weighted by molar-refractivity contribution is 5.81. The SMILES string of the molecule is CC(C)CC(=O)C(C)CC(C)C(=O)O. The fourth-order valence-electron chi connectivity index (χ4n) is 1.37. The first-order chi connectivity index (χ1) is 6.34. The number of carboxylic acid groups (broad SMARTS) is 1. The summed E-state index contributed by atoms with van der Waals surface area (Å²) in [6.45, 7) is 7.43. The largest absolute Gasteiger partial charge is 0.481 e. The molecule has 0 heterocycles. The molecule has 1 N–H and O–H groups in total. The highest BCUT2D eigenvalue weighted by Crippen LogP contribution is 2.16. The number of Topliss-reactive ketones (excluding diaryl/α,β-unsaturated/α-hetero) is 1. The first kappa shape index (κ1) is 13.1. The number of carbonyl (C=O) groups is 2. The van der Waals surface area contributed by atoms with Gasteiger partial charge in [0.15, 0.2) is 0 Å². The molecule has 0 aromatic heterocycles. The van der Waals surface area contributed by atoms with Crippen molar-refractivity contribution in [2.75, 3.05) is 0 Å². The van der Waals surface area contributed by atoms with E-state index in [-0.39, 0.29) is 11.7 Å². The van der Waals surface area contributed by atoms with Gasteiger partial charge in [-0.1, -0.05) is 27.7 Å². The summed E-state index contributed by atoms with van der Waals surface area (Å²) >= 11 is 0. The van der Waals surface area contributed by atoms with Crippen LogP contribution in [0.2, 0.25) is 0 Å². The quantitative estimate of drug-likeness (QED) is 0.716. The molecule has 0 aliphatic rings. The Balaban J connectivity index is 4.01. The first-order valence-electron chi connectivity index (χ1n) is 5.10. The first-order valence-corrected chi connectivity index (χ1v) is 5.10. The molecule has 0 radical (unpaired) electrons. The molecular weight excluding hydrogens is 180 g/mol. The maximum absolute atomic E-state index is 11.5. The Morgan fingerprint density at radius 1 is 1.07 bits per heavy atom. The van der Waals surface area contributed by atoms with E-state index in [4.69, 9.17) is 5.11 Å². The lowest BCUT2D eigenvalue weighted by atomic mass is 9.90. The molecule has 0 rings (SSSR count). The van der Waals surface area contributed by atoms with Crippen LogP contribution < -0.4 is 0 Å². The summed E-state index contributed by atoms with van der Waals surface area (Å²) in [6.07, 6.45) is 0.994. The minimum absolute atomic E-state index is 0.136. The van der Waals surface area contributed by atoms with E-state index in [1.165, 1.54) is 0 Å². The number of ketones is 1. The normalized spacial score (nSPS) is 15.2. The zero-order valence-electron chi connectivity index (χ0n) is 9.41. The Kier molecular flexibility index (Phi) is 5.43. The van der Waals surface area contributed by atoms with Crippen molar-refractivity contribution in [3.63, 3.8) is 0 Å². The van der Waals surface area contributed by atoms with E-state index in [9.17, 15) is 9.59 Å². The van der Waals surface area contributed by atoms with E-state index >= 15 is 0 Å². The van der Waals surface area contributed by atoms with Gasteiger partial charge in [-0.05, 0) is 12.3 Å². The highest BCUT2D eigenvalue weighted by Gasteiger charge is 2.20. The van der Waals surface area contributed by atoms with Crippen LogP contribution in [0.15, 0.2) is 0 Å². The van der Waals surface area contributed by atoms with Crippen LogP contribution in [0.4, 0.5) is 0 Å². The van der Waals surface area contributed by atoms with Crippen molar-refractivity contribution in [3.8, 4) is 0 Å². The van der Waals surface area contributed by atoms with Gasteiger partial charge in [-0.15, -0.1) is 0 Å². The summed E-state index contributed by atoms with van der Waals surface area (Å²) < 4.78 is 0. The van der Waals surface area contributed by atoms with E-state index in [1.807, 2.05) is 20.8 Å². The molecule has 2 atom stereocenters. The van der Waals surface area contributed by atoms with Gasteiger partial charge >= 0.3 is 5.97 Å². The third kappa shape index (κ3) is 5.00. The van der Waals surface area contributed by atoms with E-state index in [1.54, 1.807) is 6.92 Å².